The van der Waals surface area contributed by atoms with E-state index < -0.39 is 57.3 Å². The van der Waals surface area contributed by atoms with Crippen LogP contribution in [0.1, 0.15) is 0 Å². The molecule has 5 atom stereocenters. The number of carbonyl (C=O) groups is 1. The first-order chi connectivity index (χ1) is 9.01. The van der Waals surface area contributed by atoms with Gasteiger partial charge >= 0.3 is 7.82 Å². The van der Waals surface area contributed by atoms with Gasteiger partial charge in [0.1, 0.15) is 37.1 Å². The lowest BCUT2D eigenvalue weighted by Gasteiger charge is -2.28. The molecule has 0 aliphatic rings. The third-order valence-electron chi connectivity index (χ3n) is 2.32. The molecule has 0 aromatic heterocycles. The van der Waals surface area contributed by atoms with Crippen molar-refractivity contribution in [2.24, 2.45) is 0 Å². The Bertz CT molecular complexity index is 354. The molecule has 0 aliphatic carbocycles. The Labute approximate surface area is 112 Å². The monoisotopic (exact) mass is 320 g/mol. The number of rotatable bonds is 9. The van der Waals surface area contributed by atoms with Gasteiger partial charge in [0.05, 0.1) is 6.61 Å². The van der Waals surface area contributed by atoms with Crippen LogP contribution in [-0.2, 0) is 13.9 Å². The molecule has 120 valence electrons. The Balaban J connectivity index is 4.55. The van der Waals surface area contributed by atoms with Crippen LogP contribution in [0.2, 0.25) is 0 Å². The molecule has 0 bridgehead atoms. The summed E-state index contributed by atoms with van der Waals surface area (Å²) in [6, 6.07) is 0. The van der Waals surface area contributed by atoms with Crippen molar-refractivity contribution < 1.29 is 54.3 Å². The fourth-order valence-corrected chi connectivity index (χ4v) is 1.52. The normalized spacial score (nSPS) is 20.0. The van der Waals surface area contributed by atoms with Crippen LogP contribution in [0.3, 0.4) is 0 Å². The smallest absolute Gasteiger partial charge is 0.388 e. The SMILES string of the molecule is O=C(CO)[C@@H](O)[C@H](O)[C@@H](O)[C@H](O)[C@H](O)COP(=O)(O)O. The first-order valence-corrected chi connectivity index (χ1v) is 6.78. The summed E-state index contributed by atoms with van der Waals surface area (Å²) in [5.74, 6) is -1.23. The van der Waals surface area contributed by atoms with E-state index in [-0.39, 0.29) is 0 Å². The summed E-state index contributed by atoms with van der Waals surface area (Å²) >= 11 is 0. The molecule has 0 radical (unpaired) electrons. The number of aliphatic hydroxyl groups excluding tert-OH is 6. The minimum atomic E-state index is -4.90. The van der Waals surface area contributed by atoms with Crippen LogP contribution in [0.15, 0.2) is 0 Å². The summed E-state index contributed by atoms with van der Waals surface area (Å²) in [5.41, 5.74) is 0. The summed E-state index contributed by atoms with van der Waals surface area (Å²) in [6.45, 7) is -2.19. The second kappa shape index (κ2) is 8.10. The standard InChI is InChI=1S/C8H17O11P/c9-1-3(10)5(12)7(14)8(15)6(13)4(11)2-19-20(16,17)18/h4-9,11-15H,1-2H2,(H2,16,17,18)/t4-,5-,6-,7+,8+/m1/s1. The molecule has 0 fully saturated rings. The van der Waals surface area contributed by atoms with Crippen molar-refractivity contribution in [1.82, 2.24) is 0 Å². The van der Waals surface area contributed by atoms with Crippen molar-refractivity contribution in [3.63, 3.8) is 0 Å². The first-order valence-electron chi connectivity index (χ1n) is 5.25. The van der Waals surface area contributed by atoms with Crippen molar-refractivity contribution in [2.75, 3.05) is 13.2 Å². The predicted molar refractivity (Wildman–Crippen MR) is 60.1 cm³/mol. The highest BCUT2D eigenvalue weighted by atomic mass is 31.2. The number of carbonyl (C=O) groups excluding carboxylic acids is 1. The number of hydrogen-bond donors (Lipinski definition) is 8. The second-order valence-electron chi connectivity index (χ2n) is 3.89. The lowest BCUT2D eigenvalue weighted by atomic mass is 9.97. The zero-order valence-corrected chi connectivity index (χ0v) is 10.9. The molecule has 0 unspecified atom stereocenters. The molecule has 11 nitrogen and oxygen atoms in total. The number of aliphatic hydroxyl groups is 6. The summed E-state index contributed by atoms with van der Waals surface area (Å²) in [7, 11) is -4.90. The maximum atomic E-state index is 10.9. The van der Waals surface area contributed by atoms with E-state index in [9.17, 15) is 34.9 Å². The van der Waals surface area contributed by atoms with Crippen LogP contribution in [0.5, 0.6) is 0 Å². The van der Waals surface area contributed by atoms with Gasteiger partial charge in [0.2, 0.25) is 0 Å². The van der Waals surface area contributed by atoms with Gasteiger partial charge in [-0.3, -0.25) is 9.32 Å². The van der Waals surface area contributed by atoms with E-state index >= 15 is 0 Å². The maximum absolute atomic E-state index is 10.9. The van der Waals surface area contributed by atoms with E-state index in [1.807, 2.05) is 0 Å². The molecular formula is C8H17O11P. The lowest BCUT2D eigenvalue weighted by molar-refractivity contribution is -0.156. The first kappa shape index (κ1) is 19.5. The number of phosphoric ester groups is 1. The van der Waals surface area contributed by atoms with Crippen LogP contribution in [0, 0.1) is 0 Å². The van der Waals surface area contributed by atoms with Gasteiger partial charge in [-0.1, -0.05) is 0 Å². The largest absolute Gasteiger partial charge is 0.469 e. The third kappa shape index (κ3) is 6.33. The van der Waals surface area contributed by atoms with Gasteiger partial charge in [-0.2, -0.15) is 0 Å². The van der Waals surface area contributed by atoms with Gasteiger partial charge in [0.15, 0.2) is 5.78 Å². The van der Waals surface area contributed by atoms with Gasteiger partial charge in [0, 0.05) is 0 Å². The fourth-order valence-electron chi connectivity index (χ4n) is 1.17. The van der Waals surface area contributed by atoms with Crippen LogP contribution >= 0.6 is 7.82 Å². The van der Waals surface area contributed by atoms with Gasteiger partial charge in [-0.05, 0) is 0 Å². The number of hydrogen-bond acceptors (Lipinski definition) is 9. The molecule has 0 spiro atoms. The topological polar surface area (TPSA) is 205 Å². The summed E-state index contributed by atoms with van der Waals surface area (Å²) in [4.78, 5) is 27.6. The van der Waals surface area contributed by atoms with Crippen LogP contribution in [0.25, 0.3) is 0 Å². The van der Waals surface area contributed by atoms with Crippen molar-refractivity contribution in [3.8, 4) is 0 Å². The molecule has 0 rings (SSSR count). The number of Topliss-reactive ketones (excluding diaryl/α,β-unsaturated/α-hetero) is 1. The van der Waals surface area contributed by atoms with Crippen molar-refractivity contribution in [2.45, 2.75) is 30.5 Å². The molecule has 8 N–H and O–H groups in total. The highest BCUT2D eigenvalue weighted by molar-refractivity contribution is 7.46. The van der Waals surface area contributed by atoms with Gasteiger partial charge in [-0.15, -0.1) is 0 Å². The van der Waals surface area contributed by atoms with Crippen molar-refractivity contribution >= 4 is 13.6 Å². The zero-order chi connectivity index (χ0) is 16.1. The molecule has 0 amide bonds. The minimum absolute atomic E-state index is 1.07. The average molecular weight is 320 g/mol. The molecule has 12 heteroatoms. The van der Waals surface area contributed by atoms with Gasteiger partial charge < -0.3 is 40.4 Å². The number of phosphoric acid groups is 1. The molecule has 0 aromatic rings. The summed E-state index contributed by atoms with van der Waals surface area (Å²) in [5, 5.41) is 55.0. The van der Waals surface area contributed by atoms with E-state index in [1.54, 1.807) is 0 Å². The average Bonchev–Trinajstić information content (AvgIpc) is 2.39. The van der Waals surface area contributed by atoms with E-state index in [0.717, 1.165) is 0 Å². The van der Waals surface area contributed by atoms with Gasteiger partial charge in [-0.25, -0.2) is 4.57 Å². The predicted octanol–water partition coefficient (Wildman–Crippen LogP) is -4.54. The summed E-state index contributed by atoms with van der Waals surface area (Å²) in [6.07, 6.45) is -10.8. The van der Waals surface area contributed by atoms with E-state index in [0.29, 0.717) is 0 Å². The highest BCUT2D eigenvalue weighted by Crippen LogP contribution is 2.35. The van der Waals surface area contributed by atoms with E-state index in [1.165, 1.54) is 0 Å². The molecule has 20 heavy (non-hydrogen) atoms. The van der Waals surface area contributed by atoms with E-state index in [2.05, 4.69) is 4.52 Å². The molecule has 0 aliphatic heterocycles. The maximum Gasteiger partial charge on any atom is 0.469 e. The second-order valence-corrected chi connectivity index (χ2v) is 5.13. The lowest BCUT2D eigenvalue weighted by Crippen LogP contribution is -2.52. The molecule has 0 heterocycles. The van der Waals surface area contributed by atoms with E-state index in [4.69, 9.17) is 14.9 Å². The Hall–Kier alpha value is -0.460. The Morgan fingerprint density at radius 3 is 1.90 bits per heavy atom. The quantitative estimate of drug-likeness (QED) is 0.190. The molecular weight excluding hydrogens is 303 g/mol. The van der Waals surface area contributed by atoms with Gasteiger partial charge in [0.25, 0.3) is 0 Å². The van der Waals surface area contributed by atoms with Crippen LogP contribution in [0.4, 0.5) is 0 Å². The summed E-state index contributed by atoms with van der Waals surface area (Å²) < 4.78 is 14.2. The fraction of sp³-hybridized carbons (Fsp3) is 0.875. The number of ketones is 1. The van der Waals surface area contributed by atoms with Crippen molar-refractivity contribution in [3.05, 3.63) is 0 Å². The molecule has 0 saturated carbocycles. The Morgan fingerprint density at radius 1 is 1.00 bits per heavy atom. The third-order valence-corrected chi connectivity index (χ3v) is 2.80. The molecule has 0 saturated heterocycles. The highest BCUT2D eigenvalue weighted by Gasteiger charge is 2.37. The zero-order valence-electron chi connectivity index (χ0n) is 10.1. The van der Waals surface area contributed by atoms with Crippen LogP contribution < -0.4 is 0 Å². The molecule has 0 aromatic carbocycles. The Morgan fingerprint density at radius 2 is 1.50 bits per heavy atom. The Kier molecular flexibility index (Phi) is 7.91. The van der Waals surface area contributed by atoms with Crippen LogP contribution in [-0.4, -0.2) is 89.9 Å². The minimum Gasteiger partial charge on any atom is -0.388 e. The van der Waals surface area contributed by atoms with Crippen molar-refractivity contribution in [1.29, 1.82) is 0 Å².